The predicted molar refractivity (Wildman–Crippen MR) is 108 cm³/mol. The van der Waals surface area contributed by atoms with Crippen LogP contribution < -0.4 is 10.6 Å². The van der Waals surface area contributed by atoms with E-state index < -0.39 is 5.97 Å². The van der Waals surface area contributed by atoms with E-state index in [0.29, 0.717) is 23.4 Å². The molecule has 0 fully saturated rings. The average Bonchev–Trinajstić information content (AvgIpc) is 2.68. The minimum Gasteiger partial charge on any atom is -0.462 e. The van der Waals surface area contributed by atoms with E-state index >= 15 is 0 Å². The van der Waals surface area contributed by atoms with E-state index in [1.807, 2.05) is 19.0 Å². The van der Waals surface area contributed by atoms with Gasteiger partial charge in [0, 0.05) is 24.2 Å². The molecular formula is C21H25N3O4. The Bertz CT molecular complexity index is 832. The molecule has 2 amide bonds. The molecule has 7 heteroatoms. The Morgan fingerprint density at radius 2 is 1.54 bits per heavy atom. The Labute approximate surface area is 164 Å². The summed E-state index contributed by atoms with van der Waals surface area (Å²) < 4.78 is 5.01. The lowest BCUT2D eigenvalue weighted by Gasteiger charge is -2.11. The summed E-state index contributed by atoms with van der Waals surface area (Å²) in [6, 6.07) is 13.0. The van der Waals surface area contributed by atoms with Crippen molar-refractivity contribution in [3.63, 3.8) is 0 Å². The van der Waals surface area contributed by atoms with Crippen LogP contribution in [0, 0.1) is 0 Å². The first-order valence-corrected chi connectivity index (χ1v) is 9.03. The lowest BCUT2D eigenvalue weighted by molar-refractivity contribution is 0.0527. The molecule has 0 radical (unpaired) electrons. The first-order chi connectivity index (χ1) is 13.4. The SMILES string of the molecule is CCOC(=O)c1ccccc1NC(=O)c1ccc(C(=O)NCCN(C)C)cc1. The molecule has 2 aromatic rings. The van der Waals surface area contributed by atoms with Crippen LogP contribution in [-0.4, -0.2) is 56.5 Å². The second kappa shape index (κ2) is 10.2. The zero-order valence-corrected chi connectivity index (χ0v) is 16.3. The number of nitrogens with one attached hydrogen (secondary N) is 2. The smallest absolute Gasteiger partial charge is 0.340 e. The molecule has 2 aromatic carbocycles. The Morgan fingerprint density at radius 1 is 0.929 bits per heavy atom. The number of ether oxygens (including phenoxy) is 1. The topological polar surface area (TPSA) is 87.7 Å². The third-order valence-electron chi connectivity index (χ3n) is 3.92. The van der Waals surface area contributed by atoms with E-state index in [-0.39, 0.29) is 24.0 Å². The number of likely N-dealkylation sites (N-methyl/N-ethyl adjacent to an activating group) is 1. The minimum atomic E-state index is -0.497. The van der Waals surface area contributed by atoms with Crippen LogP contribution in [0.15, 0.2) is 48.5 Å². The lowest BCUT2D eigenvalue weighted by Crippen LogP contribution is -2.31. The molecule has 0 aliphatic heterocycles. The summed E-state index contributed by atoms with van der Waals surface area (Å²) in [6.45, 7) is 3.25. The highest BCUT2D eigenvalue weighted by Crippen LogP contribution is 2.17. The highest BCUT2D eigenvalue weighted by atomic mass is 16.5. The summed E-state index contributed by atoms with van der Waals surface area (Å²) in [4.78, 5) is 38.6. The van der Waals surface area contributed by atoms with Crippen LogP contribution in [0.4, 0.5) is 5.69 Å². The van der Waals surface area contributed by atoms with Crippen LogP contribution >= 0.6 is 0 Å². The molecule has 2 rings (SSSR count). The standard InChI is InChI=1S/C21H25N3O4/c1-4-28-21(27)17-7-5-6-8-18(17)23-20(26)16-11-9-15(10-12-16)19(25)22-13-14-24(2)3/h5-12H,4,13-14H2,1-3H3,(H,22,25)(H,23,26). The number of nitrogens with zero attached hydrogens (tertiary/aromatic N) is 1. The largest absolute Gasteiger partial charge is 0.462 e. The van der Waals surface area contributed by atoms with Gasteiger partial charge in [0.05, 0.1) is 17.9 Å². The quantitative estimate of drug-likeness (QED) is 0.684. The maximum absolute atomic E-state index is 12.5. The Hall–Kier alpha value is -3.19. The molecule has 0 saturated carbocycles. The van der Waals surface area contributed by atoms with Crippen LogP contribution in [0.1, 0.15) is 38.0 Å². The van der Waals surface area contributed by atoms with Gasteiger partial charge in [0.15, 0.2) is 0 Å². The van der Waals surface area contributed by atoms with Gasteiger partial charge in [0.25, 0.3) is 11.8 Å². The Balaban J connectivity index is 2.04. The number of para-hydroxylation sites is 1. The van der Waals surface area contributed by atoms with Crippen molar-refractivity contribution < 1.29 is 19.1 Å². The van der Waals surface area contributed by atoms with Gasteiger partial charge in [-0.1, -0.05) is 12.1 Å². The highest BCUT2D eigenvalue weighted by Gasteiger charge is 2.15. The van der Waals surface area contributed by atoms with Crippen LogP contribution in [-0.2, 0) is 4.74 Å². The van der Waals surface area contributed by atoms with E-state index in [1.165, 1.54) is 0 Å². The maximum Gasteiger partial charge on any atom is 0.340 e. The normalized spacial score (nSPS) is 10.4. The zero-order valence-electron chi connectivity index (χ0n) is 16.3. The van der Waals surface area contributed by atoms with E-state index in [0.717, 1.165) is 6.54 Å². The molecule has 0 atom stereocenters. The molecule has 7 nitrogen and oxygen atoms in total. The fraction of sp³-hybridized carbons (Fsp3) is 0.286. The van der Waals surface area contributed by atoms with Gasteiger partial charge in [0.1, 0.15) is 0 Å². The summed E-state index contributed by atoms with van der Waals surface area (Å²) in [5.74, 6) is -1.07. The summed E-state index contributed by atoms with van der Waals surface area (Å²) >= 11 is 0. The van der Waals surface area contributed by atoms with E-state index in [4.69, 9.17) is 4.74 Å². The molecule has 0 unspecified atom stereocenters. The molecular weight excluding hydrogens is 358 g/mol. The number of rotatable bonds is 8. The summed E-state index contributed by atoms with van der Waals surface area (Å²) in [5, 5.41) is 5.53. The highest BCUT2D eigenvalue weighted by molar-refractivity contribution is 6.08. The fourth-order valence-corrected chi connectivity index (χ4v) is 2.44. The minimum absolute atomic E-state index is 0.193. The van der Waals surface area contributed by atoms with Crippen molar-refractivity contribution in [1.82, 2.24) is 10.2 Å². The van der Waals surface area contributed by atoms with Gasteiger partial charge in [0.2, 0.25) is 0 Å². The molecule has 0 heterocycles. The molecule has 28 heavy (non-hydrogen) atoms. The lowest BCUT2D eigenvalue weighted by atomic mass is 10.1. The molecule has 148 valence electrons. The van der Waals surface area contributed by atoms with Crippen molar-refractivity contribution in [3.8, 4) is 0 Å². The van der Waals surface area contributed by atoms with Gasteiger partial charge < -0.3 is 20.3 Å². The molecule has 0 bridgehead atoms. The second-order valence-electron chi connectivity index (χ2n) is 6.36. The number of esters is 1. The number of hydrogen-bond donors (Lipinski definition) is 2. The predicted octanol–water partition coefficient (Wildman–Crippen LogP) is 2.41. The van der Waals surface area contributed by atoms with Crippen molar-refractivity contribution in [2.24, 2.45) is 0 Å². The average molecular weight is 383 g/mol. The summed E-state index contributed by atoms with van der Waals surface area (Å²) in [7, 11) is 3.86. The summed E-state index contributed by atoms with van der Waals surface area (Å²) in [5.41, 5.74) is 1.51. The fourth-order valence-electron chi connectivity index (χ4n) is 2.44. The first kappa shape index (κ1) is 21.1. The maximum atomic E-state index is 12.5. The number of hydrogen-bond acceptors (Lipinski definition) is 5. The van der Waals surface area contributed by atoms with Gasteiger partial charge in [-0.3, -0.25) is 9.59 Å². The van der Waals surface area contributed by atoms with E-state index in [2.05, 4.69) is 10.6 Å². The number of anilines is 1. The van der Waals surface area contributed by atoms with Gasteiger partial charge in [-0.05, 0) is 57.4 Å². The second-order valence-corrected chi connectivity index (χ2v) is 6.36. The van der Waals surface area contributed by atoms with Crippen molar-refractivity contribution in [1.29, 1.82) is 0 Å². The van der Waals surface area contributed by atoms with Crippen LogP contribution in [0.2, 0.25) is 0 Å². The van der Waals surface area contributed by atoms with Crippen molar-refractivity contribution in [2.75, 3.05) is 39.1 Å². The van der Waals surface area contributed by atoms with Crippen molar-refractivity contribution >= 4 is 23.5 Å². The van der Waals surface area contributed by atoms with Gasteiger partial charge >= 0.3 is 5.97 Å². The third kappa shape index (κ3) is 5.92. The third-order valence-corrected chi connectivity index (χ3v) is 3.92. The number of benzene rings is 2. The summed E-state index contributed by atoms with van der Waals surface area (Å²) in [6.07, 6.45) is 0. The molecule has 0 saturated heterocycles. The van der Waals surface area contributed by atoms with Crippen molar-refractivity contribution in [3.05, 3.63) is 65.2 Å². The zero-order chi connectivity index (χ0) is 20.5. The Kier molecular flexibility index (Phi) is 7.71. The molecule has 0 aromatic heterocycles. The molecule has 0 aliphatic carbocycles. The first-order valence-electron chi connectivity index (χ1n) is 9.03. The van der Waals surface area contributed by atoms with Crippen LogP contribution in [0.3, 0.4) is 0 Å². The Morgan fingerprint density at radius 3 is 2.14 bits per heavy atom. The van der Waals surface area contributed by atoms with E-state index in [1.54, 1.807) is 55.5 Å². The molecule has 2 N–H and O–H groups in total. The molecule has 0 spiro atoms. The number of carbonyl (C=O) groups excluding carboxylic acids is 3. The number of carbonyl (C=O) groups is 3. The van der Waals surface area contributed by atoms with Gasteiger partial charge in [-0.15, -0.1) is 0 Å². The van der Waals surface area contributed by atoms with E-state index in [9.17, 15) is 14.4 Å². The van der Waals surface area contributed by atoms with Crippen LogP contribution in [0.25, 0.3) is 0 Å². The van der Waals surface area contributed by atoms with Gasteiger partial charge in [-0.25, -0.2) is 4.79 Å². The van der Waals surface area contributed by atoms with Crippen molar-refractivity contribution in [2.45, 2.75) is 6.92 Å². The molecule has 0 aliphatic rings. The van der Waals surface area contributed by atoms with Crippen LogP contribution in [0.5, 0.6) is 0 Å². The number of amides is 2. The monoisotopic (exact) mass is 383 g/mol. The van der Waals surface area contributed by atoms with Gasteiger partial charge in [-0.2, -0.15) is 0 Å².